The van der Waals surface area contributed by atoms with Crippen molar-refractivity contribution in [2.24, 2.45) is 0 Å². The molecule has 1 amide bonds. The first-order valence-electron chi connectivity index (χ1n) is 10.6. The summed E-state index contributed by atoms with van der Waals surface area (Å²) in [6.07, 6.45) is 2.42. The quantitative estimate of drug-likeness (QED) is 0.373. The van der Waals surface area contributed by atoms with Gasteiger partial charge in [-0.3, -0.25) is 4.79 Å². The van der Waals surface area contributed by atoms with E-state index in [1.807, 2.05) is 43.3 Å². The molecule has 0 bridgehead atoms. The van der Waals surface area contributed by atoms with Crippen LogP contribution in [-0.2, 0) is 21.1 Å². The molecule has 35 heavy (non-hydrogen) atoms. The van der Waals surface area contributed by atoms with Gasteiger partial charge in [0.1, 0.15) is 0 Å². The molecule has 176 valence electrons. The minimum absolute atomic E-state index is 0.0163. The van der Waals surface area contributed by atoms with Crippen LogP contribution in [-0.4, -0.2) is 45.3 Å². The van der Waals surface area contributed by atoms with E-state index >= 15 is 0 Å². The van der Waals surface area contributed by atoms with Crippen LogP contribution in [0.1, 0.15) is 11.4 Å². The van der Waals surface area contributed by atoms with Crippen molar-refractivity contribution in [3.8, 4) is 17.1 Å². The number of thiazole rings is 1. The van der Waals surface area contributed by atoms with Crippen LogP contribution in [0, 0.1) is 6.92 Å². The molecule has 5 aromatic rings. The lowest BCUT2D eigenvalue weighted by atomic mass is 10.1. The Morgan fingerprint density at radius 3 is 2.69 bits per heavy atom. The van der Waals surface area contributed by atoms with Gasteiger partial charge in [0.15, 0.2) is 20.7 Å². The average Bonchev–Trinajstić information content (AvgIpc) is 3.45. The normalized spacial score (nSPS) is 11.6. The molecular weight excluding hydrogens is 484 g/mol. The van der Waals surface area contributed by atoms with E-state index in [1.54, 1.807) is 21.5 Å². The van der Waals surface area contributed by atoms with E-state index in [9.17, 15) is 13.2 Å². The third-order valence-electron chi connectivity index (χ3n) is 5.22. The lowest BCUT2D eigenvalue weighted by molar-refractivity contribution is -0.115. The number of benzene rings is 1. The number of rotatable bonds is 6. The van der Waals surface area contributed by atoms with Crippen molar-refractivity contribution >= 4 is 43.0 Å². The highest BCUT2D eigenvalue weighted by Crippen LogP contribution is 2.28. The molecule has 1 aromatic carbocycles. The maximum Gasteiger partial charge on any atom is 0.230 e. The molecule has 0 saturated heterocycles. The van der Waals surface area contributed by atoms with E-state index in [1.165, 1.54) is 18.3 Å². The third kappa shape index (κ3) is 4.96. The average molecular weight is 505 g/mol. The monoisotopic (exact) mass is 504 g/mol. The molecule has 5 rings (SSSR count). The molecule has 0 saturated carbocycles. The number of aromatic nitrogens is 5. The van der Waals surface area contributed by atoms with E-state index < -0.39 is 9.84 Å². The minimum atomic E-state index is -3.41. The van der Waals surface area contributed by atoms with Crippen LogP contribution in [0.2, 0.25) is 0 Å². The van der Waals surface area contributed by atoms with Crippen molar-refractivity contribution in [2.45, 2.75) is 18.4 Å². The number of nitrogens with zero attached hydrogens (tertiary/aromatic N) is 5. The summed E-state index contributed by atoms with van der Waals surface area (Å²) in [6.45, 7) is 1.91. The summed E-state index contributed by atoms with van der Waals surface area (Å²) in [5, 5.41) is 7.37. The summed E-state index contributed by atoms with van der Waals surface area (Å²) in [4.78, 5) is 25.6. The number of pyridine rings is 2. The van der Waals surface area contributed by atoms with Crippen molar-refractivity contribution in [1.29, 1.82) is 0 Å². The van der Waals surface area contributed by atoms with Crippen molar-refractivity contribution in [1.82, 2.24) is 24.7 Å². The molecule has 0 fully saturated rings. The standard InChI is InChI=1S/C24H20N6O3S2/c1-15-4-3-5-22(27-15)30-20(16-6-8-19-21(10-16)34-14-26-19)11-18(29-30)12-23(31)28-17-7-9-24(25-13-17)35(2,32)33/h3-11,13-14H,12H2,1-2H3,(H,28,31). The topological polar surface area (TPSA) is 120 Å². The molecule has 1 N–H and O–H groups in total. The fourth-order valence-corrected chi connectivity index (χ4v) is 4.88. The zero-order chi connectivity index (χ0) is 24.6. The maximum atomic E-state index is 12.7. The summed E-state index contributed by atoms with van der Waals surface area (Å²) in [5.74, 6) is 0.349. The Balaban J connectivity index is 1.45. The molecule has 11 heteroatoms. The zero-order valence-corrected chi connectivity index (χ0v) is 20.5. The van der Waals surface area contributed by atoms with Gasteiger partial charge in [-0.25, -0.2) is 28.1 Å². The predicted molar refractivity (Wildman–Crippen MR) is 134 cm³/mol. The summed E-state index contributed by atoms with van der Waals surface area (Å²) in [7, 11) is -3.41. The highest BCUT2D eigenvalue weighted by atomic mass is 32.2. The van der Waals surface area contributed by atoms with Crippen LogP contribution in [0.5, 0.6) is 0 Å². The molecule has 4 aromatic heterocycles. The summed E-state index contributed by atoms with van der Waals surface area (Å²) in [5.41, 5.74) is 6.29. The smallest absolute Gasteiger partial charge is 0.230 e. The van der Waals surface area contributed by atoms with E-state index in [2.05, 4.69) is 31.4 Å². The zero-order valence-electron chi connectivity index (χ0n) is 18.8. The van der Waals surface area contributed by atoms with Crippen molar-refractivity contribution in [3.05, 3.63) is 77.7 Å². The number of nitrogens with one attached hydrogen (secondary N) is 1. The number of anilines is 1. The van der Waals surface area contributed by atoms with Gasteiger partial charge >= 0.3 is 0 Å². The van der Waals surface area contributed by atoms with Gasteiger partial charge in [-0.1, -0.05) is 12.1 Å². The Kier molecular flexibility index (Phi) is 5.87. The third-order valence-corrected chi connectivity index (χ3v) is 7.01. The van der Waals surface area contributed by atoms with Crippen LogP contribution < -0.4 is 5.32 Å². The van der Waals surface area contributed by atoms with Crippen LogP contribution in [0.25, 0.3) is 27.3 Å². The van der Waals surface area contributed by atoms with Gasteiger partial charge in [-0.15, -0.1) is 11.3 Å². The first-order valence-corrected chi connectivity index (χ1v) is 13.4. The fraction of sp³-hybridized carbons (Fsp3) is 0.125. The molecule has 0 spiro atoms. The number of fused-ring (bicyclic) bond motifs is 1. The van der Waals surface area contributed by atoms with Crippen molar-refractivity contribution < 1.29 is 13.2 Å². The number of carbonyl (C=O) groups is 1. The van der Waals surface area contributed by atoms with E-state index in [4.69, 9.17) is 0 Å². The highest BCUT2D eigenvalue weighted by Gasteiger charge is 2.17. The van der Waals surface area contributed by atoms with Crippen molar-refractivity contribution in [3.63, 3.8) is 0 Å². The molecule has 0 atom stereocenters. The molecule has 0 radical (unpaired) electrons. The van der Waals surface area contributed by atoms with Crippen molar-refractivity contribution in [2.75, 3.05) is 11.6 Å². The first kappa shape index (κ1) is 22.8. The van der Waals surface area contributed by atoms with Crippen LogP contribution in [0.3, 0.4) is 0 Å². The van der Waals surface area contributed by atoms with E-state index in [0.717, 1.165) is 33.4 Å². The molecule has 0 aliphatic heterocycles. The Morgan fingerprint density at radius 1 is 1.09 bits per heavy atom. The van der Waals surface area contributed by atoms with Gasteiger partial charge in [0.05, 0.1) is 45.4 Å². The number of hydrogen-bond donors (Lipinski definition) is 1. The lowest BCUT2D eigenvalue weighted by Gasteiger charge is -2.07. The fourth-order valence-electron chi connectivity index (χ4n) is 3.60. The van der Waals surface area contributed by atoms with Crippen LogP contribution in [0.15, 0.2) is 71.3 Å². The van der Waals surface area contributed by atoms with Gasteiger partial charge in [0, 0.05) is 17.5 Å². The second-order valence-corrected chi connectivity index (χ2v) is 10.8. The predicted octanol–water partition coefficient (Wildman–Crippen LogP) is 3.83. The van der Waals surface area contributed by atoms with Gasteiger partial charge in [-0.05, 0) is 49.4 Å². The lowest BCUT2D eigenvalue weighted by Crippen LogP contribution is -2.15. The number of amides is 1. The van der Waals surface area contributed by atoms with Crippen LogP contribution in [0.4, 0.5) is 5.69 Å². The number of sulfone groups is 1. The van der Waals surface area contributed by atoms with E-state index in [-0.39, 0.29) is 17.4 Å². The Bertz CT molecular complexity index is 1660. The molecule has 0 unspecified atom stereocenters. The van der Waals surface area contributed by atoms with Gasteiger partial charge in [-0.2, -0.15) is 5.10 Å². The largest absolute Gasteiger partial charge is 0.324 e. The van der Waals surface area contributed by atoms with E-state index in [0.29, 0.717) is 17.2 Å². The molecule has 9 nitrogen and oxygen atoms in total. The number of aryl methyl sites for hydroxylation is 1. The summed E-state index contributed by atoms with van der Waals surface area (Å²) in [6, 6.07) is 16.4. The maximum absolute atomic E-state index is 12.7. The second-order valence-electron chi connectivity index (χ2n) is 7.99. The second kappa shape index (κ2) is 9.01. The number of hydrogen-bond acceptors (Lipinski definition) is 8. The highest BCUT2D eigenvalue weighted by molar-refractivity contribution is 7.90. The van der Waals surface area contributed by atoms with Gasteiger partial charge in [0.25, 0.3) is 0 Å². The Morgan fingerprint density at radius 2 is 1.94 bits per heavy atom. The first-order chi connectivity index (χ1) is 16.8. The molecule has 0 aliphatic rings. The van der Waals surface area contributed by atoms with Gasteiger partial charge < -0.3 is 5.32 Å². The Labute approximate surface area is 205 Å². The Hall–Kier alpha value is -3.96. The molecule has 0 aliphatic carbocycles. The molecular formula is C24H20N6O3S2. The number of carbonyl (C=O) groups excluding carboxylic acids is 1. The van der Waals surface area contributed by atoms with Crippen LogP contribution >= 0.6 is 11.3 Å². The SMILES string of the molecule is Cc1cccc(-n2nc(CC(=O)Nc3ccc(S(C)(=O)=O)nc3)cc2-c2ccc3ncsc3c2)n1. The summed E-state index contributed by atoms with van der Waals surface area (Å²) >= 11 is 1.56. The summed E-state index contributed by atoms with van der Waals surface area (Å²) < 4.78 is 26.0. The molecule has 4 heterocycles. The minimum Gasteiger partial charge on any atom is -0.324 e. The van der Waals surface area contributed by atoms with Gasteiger partial charge in [0.2, 0.25) is 5.91 Å².